The molecule has 2 rings (SSSR count). The number of hydrogen-bond acceptors (Lipinski definition) is 3. The number of anilines is 1. The predicted molar refractivity (Wildman–Crippen MR) is 77.3 cm³/mol. The molecule has 0 bridgehead atoms. The molecular formula is C16H21NO3. The summed E-state index contributed by atoms with van der Waals surface area (Å²) in [7, 11) is 0. The van der Waals surface area contributed by atoms with Crippen LogP contribution in [-0.2, 0) is 14.3 Å². The van der Waals surface area contributed by atoms with Crippen LogP contribution in [0.25, 0.3) is 0 Å². The first-order valence-corrected chi connectivity index (χ1v) is 6.95. The Balaban J connectivity index is 1.81. The minimum atomic E-state index is -0.394. The summed E-state index contributed by atoms with van der Waals surface area (Å²) in [5.41, 5.74) is 1.55. The van der Waals surface area contributed by atoms with Crippen LogP contribution in [0.15, 0.2) is 24.3 Å². The highest BCUT2D eigenvalue weighted by Gasteiger charge is 2.39. The van der Waals surface area contributed by atoms with E-state index in [1.54, 1.807) is 0 Å². The third-order valence-electron chi connectivity index (χ3n) is 3.50. The van der Waals surface area contributed by atoms with E-state index in [0.29, 0.717) is 19.3 Å². The average Bonchev–Trinajstić information content (AvgIpc) is 2.63. The molecule has 1 saturated heterocycles. The van der Waals surface area contributed by atoms with Crippen LogP contribution < -0.4 is 5.32 Å². The molecule has 1 heterocycles. The van der Waals surface area contributed by atoms with Crippen LogP contribution in [0, 0.1) is 12.8 Å². The molecule has 4 nitrogen and oxygen atoms in total. The van der Waals surface area contributed by atoms with Gasteiger partial charge in [0.1, 0.15) is 5.60 Å². The molecule has 1 atom stereocenters. The highest BCUT2D eigenvalue weighted by atomic mass is 16.6. The third-order valence-corrected chi connectivity index (χ3v) is 3.50. The number of cyclic esters (lactones) is 1. The lowest BCUT2D eigenvalue weighted by Crippen LogP contribution is -2.17. The number of carbonyl (C=O) groups excluding carboxylic acids is 2. The molecule has 1 aromatic carbocycles. The normalized spacial score (nSPS) is 20.6. The van der Waals surface area contributed by atoms with Crippen LogP contribution in [0.5, 0.6) is 0 Å². The van der Waals surface area contributed by atoms with Gasteiger partial charge in [0.05, 0.1) is 5.92 Å². The summed E-state index contributed by atoms with van der Waals surface area (Å²) in [5.74, 6) is -0.404. The van der Waals surface area contributed by atoms with Crippen LogP contribution in [0.2, 0.25) is 0 Å². The van der Waals surface area contributed by atoms with Crippen molar-refractivity contribution in [3.8, 4) is 0 Å². The first-order chi connectivity index (χ1) is 9.35. The number of ether oxygens (including phenoxy) is 1. The molecule has 1 aliphatic heterocycles. The largest absolute Gasteiger partial charge is 0.459 e. The number of nitrogens with one attached hydrogen (secondary N) is 1. The number of carbonyl (C=O) groups is 2. The Hall–Kier alpha value is -1.84. The van der Waals surface area contributed by atoms with Gasteiger partial charge in [0.25, 0.3) is 0 Å². The van der Waals surface area contributed by atoms with E-state index in [1.165, 1.54) is 0 Å². The zero-order valence-electron chi connectivity index (χ0n) is 12.2. The van der Waals surface area contributed by atoms with E-state index in [4.69, 9.17) is 4.74 Å². The summed E-state index contributed by atoms with van der Waals surface area (Å²) in [6, 6.07) is 7.65. The fourth-order valence-electron chi connectivity index (χ4n) is 2.46. The Labute approximate surface area is 119 Å². The Kier molecular flexibility index (Phi) is 4.12. The van der Waals surface area contributed by atoms with E-state index in [9.17, 15) is 9.59 Å². The summed E-state index contributed by atoms with van der Waals surface area (Å²) >= 11 is 0. The molecule has 0 spiro atoms. The van der Waals surface area contributed by atoms with Crippen molar-refractivity contribution in [2.75, 3.05) is 5.32 Å². The van der Waals surface area contributed by atoms with E-state index in [0.717, 1.165) is 11.3 Å². The smallest absolute Gasteiger partial charge is 0.309 e. The monoisotopic (exact) mass is 275 g/mol. The lowest BCUT2D eigenvalue weighted by atomic mass is 9.93. The van der Waals surface area contributed by atoms with Crippen molar-refractivity contribution in [2.45, 2.75) is 45.6 Å². The van der Waals surface area contributed by atoms with Gasteiger partial charge in [0.2, 0.25) is 5.91 Å². The van der Waals surface area contributed by atoms with E-state index >= 15 is 0 Å². The second-order valence-corrected chi connectivity index (χ2v) is 6.03. The molecule has 108 valence electrons. The van der Waals surface area contributed by atoms with Gasteiger partial charge in [-0.1, -0.05) is 17.7 Å². The molecular weight excluding hydrogens is 254 g/mol. The van der Waals surface area contributed by atoms with Crippen molar-refractivity contribution in [1.29, 1.82) is 0 Å². The first kappa shape index (κ1) is 14.6. The second kappa shape index (κ2) is 5.65. The molecule has 0 saturated carbocycles. The molecule has 1 N–H and O–H groups in total. The van der Waals surface area contributed by atoms with Gasteiger partial charge in [-0.15, -0.1) is 0 Å². The van der Waals surface area contributed by atoms with Gasteiger partial charge in [-0.25, -0.2) is 0 Å². The van der Waals surface area contributed by atoms with Crippen molar-refractivity contribution in [3.63, 3.8) is 0 Å². The van der Waals surface area contributed by atoms with Crippen LogP contribution >= 0.6 is 0 Å². The van der Waals surface area contributed by atoms with Gasteiger partial charge in [0.15, 0.2) is 0 Å². The quantitative estimate of drug-likeness (QED) is 0.859. The van der Waals surface area contributed by atoms with E-state index in [-0.39, 0.29) is 17.8 Å². The molecule has 4 heteroatoms. The molecule has 1 fully saturated rings. The topological polar surface area (TPSA) is 55.4 Å². The molecule has 1 unspecified atom stereocenters. The molecule has 0 aromatic heterocycles. The summed E-state index contributed by atoms with van der Waals surface area (Å²) in [6.07, 6.45) is 1.56. The molecule has 20 heavy (non-hydrogen) atoms. The van der Waals surface area contributed by atoms with Gasteiger partial charge in [-0.2, -0.15) is 0 Å². The van der Waals surface area contributed by atoms with Gasteiger partial charge >= 0.3 is 5.97 Å². The SMILES string of the molecule is Cc1ccc(NC(=O)CCC2CC(C)(C)OC2=O)cc1. The summed E-state index contributed by atoms with van der Waals surface area (Å²) in [6.45, 7) is 5.80. The van der Waals surface area contributed by atoms with Crippen molar-refractivity contribution < 1.29 is 14.3 Å². The molecule has 1 amide bonds. The third kappa shape index (κ3) is 3.83. The van der Waals surface area contributed by atoms with Crippen molar-refractivity contribution in [3.05, 3.63) is 29.8 Å². The molecule has 0 radical (unpaired) electrons. The molecule has 1 aliphatic rings. The van der Waals surface area contributed by atoms with Crippen molar-refractivity contribution in [1.82, 2.24) is 0 Å². The lowest BCUT2D eigenvalue weighted by Gasteiger charge is -2.14. The molecule has 1 aromatic rings. The predicted octanol–water partition coefficient (Wildman–Crippen LogP) is 3.06. The Morgan fingerprint density at radius 2 is 2.00 bits per heavy atom. The van der Waals surface area contributed by atoms with Crippen LogP contribution in [0.1, 0.15) is 38.7 Å². The minimum Gasteiger partial charge on any atom is -0.459 e. The second-order valence-electron chi connectivity index (χ2n) is 6.03. The van der Waals surface area contributed by atoms with Crippen molar-refractivity contribution in [2.24, 2.45) is 5.92 Å². The van der Waals surface area contributed by atoms with Crippen LogP contribution in [0.4, 0.5) is 5.69 Å². The maximum atomic E-state index is 11.9. The average molecular weight is 275 g/mol. The van der Waals surface area contributed by atoms with Gasteiger partial charge in [-0.3, -0.25) is 9.59 Å². The standard InChI is InChI=1S/C16H21NO3/c1-11-4-7-13(8-5-11)17-14(18)9-6-12-10-16(2,3)20-15(12)19/h4-5,7-8,12H,6,9-10H2,1-3H3,(H,17,18). The van der Waals surface area contributed by atoms with Crippen molar-refractivity contribution >= 4 is 17.6 Å². The number of hydrogen-bond donors (Lipinski definition) is 1. The Morgan fingerprint density at radius 3 is 2.55 bits per heavy atom. The minimum absolute atomic E-state index is 0.0636. The van der Waals surface area contributed by atoms with E-state index in [2.05, 4.69) is 5.32 Å². The van der Waals surface area contributed by atoms with Crippen LogP contribution in [-0.4, -0.2) is 17.5 Å². The summed E-state index contributed by atoms with van der Waals surface area (Å²) in [5, 5.41) is 2.84. The summed E-state index contributed by atoms with van der Waals surface area (Å²) < 4.78 is 5.25. The Bertz CT molecular complexity index is 505. The fourth-order valence-corrected chi connectivity index (χ4v) is 2.46. The number of rotatable bonds is 4. The highest BCUT2D eigenvalue weighted by molar-refractivity contribution is 5.91. The Morgan fingerprint density at radius 1 is 1.35 bits per heavy atom. The van der Waals surface area contributed by atoms with E-state index < -0.39 is 5.60 Å². The van der Waals surface area contributed by atoms with Crippen LogP contribution in [0.3, 0.4) is 0 Å². The molecule has 0 aliphatic carbocycles. The number of amides is 1. The number of aryl methyl sites for hydroxylation is 1. The number of esters is 1. The highest BCUT2D eigenvalue weighted by Crippen LogP contribution is 2.33. The van der Waals surface area contributed by atoms with Gasteiger partial charge in [0, 0.05) is 12.1 Å². The van der Waals surface area contributed by atoms with Gasteiger partial charge in [-0.05, 0) is 45.7 Å². The number of benzene rings is 1. The zero-order valence-corrected chi connectivity index (χ0v) is 12.2. The summed E-state index contributed by atoms with van der Waals surface area (Å²) in [4.78, 5) is 23.5. The first-order valence-electron chi connectivity index (χ1n) is 6.95. The maximum absolute atomic E-state index is 11.9. The fraction of sp³-hybridized carbons (Fsp3) is 0.500. The zero-order chi connectivity index (χ0) is 14.8. The lowest BCUT2D eigenvalue weighted by molar-refractivity contribution is -0.148. The van der Waals surface area contributed by atoms with Gasteiger partial charge < -0.3 is 10.1 Å². The van der Waals surface area contributed by atoms with E-state index in [1.807, 2.05) is 45.0 Å². The maximum Gasteiger partial charge on any atom is 0.309 e.